The molecule has 19 heavy (non-hydrogen) atoms. The maximum atomic E-state index is 4.33. The molecule has 2 N–H and O–H groups in total. The number of nitrogens with one attached hydrogen (secondary N) is 2. The Kier molecular flexibility index (Phi) is 5.54. The Morgan fingerprint density at radius 2 is 1.74 bits per heavy atom. The summed E-state index contributed by atoms with van der Waals surface area (Å²) >= 11 is 0. The molecule has 108 valence electrons. The maximum absolute atomic E-state index is 4.33. The van der Waals surface area contributed by atoms with E-state index in [1.165, 1.54) is 0 Å². The summed E-state index contributed by atoms with van der Waals surface area (Å²) in [5, 5.41) is 6.69. The lowest BCUT2D eigenvalue weighted by atomic mass is 9.93. The topological polar surface area (TPSA) is 53.1 Å². The van der Waals surface area contributed by atoms with E-state index in [2.05, 4.69) is 60.4 Å². The van der Waals surface area contributed by atoms with E-state index < -0.39 is 0 Å². The van der Waals surface area contributed by atoms with Gasteiger partial charge in [0.05, 0.1) is 0 Å². The molecule has 0 radical (unpaired) electrons. The molecule has 0 bridgehead atoms. The highest BCUT2D eigenvalue weighted by molar-refractivity contribution is 5.56. The smallest absolute Gasteiger partial charge is 0.134 e. The predicted octanol–water partition coefficient (Wildman–Crippen LogP) is 2.22. The first-order valence-electron chi connectivity index (χ1n) is 6.80. The standard InChI is InChI=1S/C14H27N5/c1-7-15-12-11(2)13(18-10-17-12)16-8-14(3,4)9-19(5)6/h10H,7-9H2,1-6H3,(H2,15,16,17,18). The number of aromatic nitrogens is 2. The molecule has 1 rings (SSSR count). The zero-order valence-electron chi connectivity index (χ0n) is 13.0. The second kappa shape index (κ2) is 6.70. The van der Waals surface area contributed by atoms with E-state index in [4.69, 9.17) is 0 Å². The number of hydrogen-bond acceptors (Lipinski definition) is 5. The molecule has 0 unspecified atom stereocenters. The molecular formula is C14H27N5. The van der Waals surface area contributed by atoms with Gasteiger partial charge in [-0.05, 0) is 33.4 Å². The molecule has 0 saturated carbocycles. The van der Waals surface area contributed by atoms with Crippen molar-refractivity contribution >= 4 is 11.6 Å². The second-order valence-corrected chi connectivity index (χ2v) is 5.98. The van der Waals surface area contributed by atoms with Crippen molar-refractivity contribution < 1.29 is 0 Å². The third kappa shape index (κ3) is 5.03. The normalized spacial score (nSPS) is 11.7. The number of rotatable bonds is 7. The molecule has 1 aromatic heterocycles. The molecule has 0 atom stereocenters. The summed E-state index contributed by atoms with van der Waals surface area (Å²) in [6, 6.07) is 0. The first-order chi connectivity index (χ1) is 8.85. The van der Waals surface area contributed by atoms with Crippen molar-refractivity contribution in [3.63, 3.8) is 0 Å². The van der Waals surface area contributed by atoms with Crippen molar-refractivity contribution in [2.24, 2.45) is 5.41 Å². The molecule has 1 aromatic rings. The van der Waals surface area contributed by atoms with Gasteiger partial charge in [-0.1, -0.05) is 13.8 Å². The van der Waals surface area contributed by atoms with E-state index >= 15 is 0 Å². The van der Waals surface area contributed by atoms with E-state index in [0.29, 0.717) is 0 Å². The van der Waals surface area contributed by atoms with Crippen LogP contribution in [0.3, 0.4) is 0 Å². The van der Waals surface area contributed by atoms with Crippen LogP contribution in [0.25, 0.3) is 0 Å². The highest BCUT2D eigenvalue weighted by Gasteiger charge is 2.19. The van der Waals surface area contributed by atoms with Crippen LogP contribution in [0.1, 0.15) is 26.3 Å². The minimum absolute atomic E-state index is 0.194. The van der Waals surface area contributed by atoms with E-state index in [-0.39, 0.29) is 5.41 Å². The summed E-state index contributed by atoms with van der Waals surface area (Å²) in [7, 11) is 4.20. The predicted molar refractivity (Wildman–Crippen MR) is 81.8 cm³/mol. The van der Waals surface area contributed by atoms with Crippen molar-refractivity contribution in [3.05, 3.63) is 11.9 Å². The first-order valence-corrected chi connectivity index (χ1v) is 6.80. The van der Waals surface area contributed by atoms with E-state index in [1.807, 2.05) is 6.92 Å². The molecule has 0 saturated heterocycles. The molecule has 0 spiro atoms. The number of nitrogens with zero attached hydrogens (tertiary/aromatic N) is 3. The highest BCUT2D eigenvalue weighted by atomic mass is 15.1. The lowest BCUT2D eigenvalue weighted by Gasteiger charge is -2.29. The van der Waals surface area contributed by atoms with Crippen LogP contribution in [0.2, 0.25) is 0 Å². The van der Waals surface area contributed by atoms with Crippen molar-refractivity contribution in [1.29, 1.82) is 0 Å². The van der Waals surface area contributed by atoms with Crippen molar-refractivity contribution in [2.45, 2.75) is 27.7 Å². The summed E-state index contributed by atoms with van der Waals surface area (Å²) in [6.45, 7) is 11.4. The Hall–Kier alpha value is -1.36. The number of anilines is 2. The van der Waals surface area contributed by atoms with Crippen molar-refractivity contribution in [3.8, 4) is 0 Å². The minimum atomic E-state index is 0.194. The van der Waals surface area contributed by atoms with Gasteiger partial charge >= 0.3 is 0 Å². The third-order valence-electron chi connectivity index (χ3n) is 2.91. The number of hydrogen-bond donors (Lipinski definition) is 2. The fourth-order valence-electron chi connectivity index (χ4n) is 2.21. The summed E-state index contributed by atoms with van der Waals surface area (Å²) < 4.78 is 0. The largest absolute Gasteiger partial charge is 0.370 e. The highest BCUT2D eigenvalue weighted by Crippen LogP contribution is 2.21. The molecule has 1 heterocycles. The van der Waals surface area contributed by atoms with E-state index in [1.54, 1.807) is 6.33 Å². The van der Waals surface area contributed by atoms with Crippen molar-refractivity contribution in [1.82, 2.24) is 14.9 Å². The Morgan fingerprint density at radius 1 is 1.16 bits per heavy atom. The molecule has 0 aliphatic rings. The first kappa shape index (κ1) is 15.7. The Bertz CT molecular complexity index is 401. The van der Waals surface area contributed by atoms with Crippen LogP contribution in [0.15, 0.2) is 6.33 Å². The maximum Gasteiger partial charge on any atom is 0.134 e. The van der Waals surface area contributed by atoms with Gasteiger partial charge in [0.15, 0.2) is 0 Å². The quantitative estimate of drug-likeness (QED) is 0.791. The van der Waals surface area contributed by atoms with Gasteiger partial charge < -0.3 is 15.5 Å². The SMILES string of the molecule is CCNc1ncnc(NCC(C)(C)CN(C)C)c1C. The molecule has 0 aliphatic carbocycles. The Morgan fingerprint density at radius 3 is 2.26 bits per heavy atom. The van der Waals surface area contributed by atoms with Crippen molar-refractivity contribution in [2.75, 3.05) is 44.4 Å². The van der Waals surface area contributed by atoms with Crippen LogP contribution in [-0.4, -0.2) is 48.6 Å². The fraction of sp³-hybridized carbons (Fsp3) is 0.714. The van der Waals surface area contributed by atoms with Gasteiger partial charge in [-0.15, -0.1) is 0 Å². The van der Waals surface area contributed by atoms with Gasteiger partial charge in [0, 0.05) is 25.2 Å². The average molecular weight is 265 g/mol. The van der Waals surface area contributed by atoms with Crippen LogP contribution < -0.4 is 10.6 Å². The van der Waals surface area contributed by atoms with Gasteiger partial charge in [0.1, 0.15) is 18.0 Å². The summed E-state index contributed by atoms with van der Waals surface area (Å²) in [4.78, 5) is 10.8. The van der Waals surface area contributed by atoms with Gasteiger partial charge in [-0.25, -0.2) is 9.97 Å². The second-order valence-electron chi connectivity index (χ2n) is 5.98. The van der Waals surface area contributed by atoms with Gasteiger partial charge in [0.2, 0.25) is 0 Å². The van der Waals surface area contributed by atoms with Crippen LogP contribution >= 0.6 is 0 Å². The average Bonchev–Trinajstić information content (AvgIpc) is 2.29. The monoisotopic (exact) mass is 265 g/mol. The molecule has 0 aromatic carbocycles. The Labute approximate surface area is 116 Å². The van der Waals surface area contributed by atoms with Crippen LogP contribution in [0, 0.1) is 12.3 Å². The summed E-state index contributed by atoms with van der Waals surface area (Å²) in [5.74, 6) is 1.82. The molecule has 5 nitrogen and oxygen atoms in total. The van der Waals surface area contributed by atoms with Crippen LogP contribution in [-0.2, 0) is 0 Å². The molecule has 5 heteroatoms. The summed E-state index contributed by atoms with van der Waals surface area (Å²) in [6.07, 6.45) is 1.60. The van der Waals surface area contributed by atoms with Gasteiger partial charge in [-0.2, -0.15) is 0 Å². The van der Waals surface area contributed by atoms with E-state index in [0.717, 1.165) is 36.8 Å². The lowest BCUT2D eigenvalue weighted by molar-refractivity contribution is 0.254. The minimum Gasteiger partial charge on any atom is -0.370 e. The lowest BCUT2D eigenvalue weighted by Crippen LogP contribution is -2.34. The third-order valence-corrected chi connectivity index (χ3v) is 2.91. The van der Waals surface area contributed by atoms with Gasteiger partial charge in [0.25, 0.3) is 0 Å². The van der Waals surface area contributed by atoms with Gasteiger partial charge in [-0.3, -0.25) is 0 Å². The Balaban J connectivity index is 2.70. The van der Waals surface area contributed by atoms with Crippen LogP contribution in [0.5, 0.6) is 0 Å². The molecule has 0 fully saturated rings. The molecule has 0 aliphatic heterocycles. The van der Waals surface area contributed by atoms with E-state index in [9.17, 15) is 0 Å². The summed E-state index contributed by atoms with van der Waals surface area (Å²) in [5.41, 5.74) is 1.27. The van der Waals surface area contributed by atoms with Crippen LogP contribution in [0.4, 0.5) is 11.6 Å². The molecular weight excluding hydrogens is 238 g/mol. The zero-order valence-corrected chi connectivity index (χ0v) is 13.0. The fourth-order valence-corrected chi connectivity index (χ4v) is 2.21. The zero-order chi connectivity index (χ0) is 14.5. The molecule has 0 amide bonds.